The lowest BCUT2D eigenvalue weighted by Crippen LogP contribution is -2.02. The van der Waals surface area contributed by atoms with Crippen LogP contribution in [-0.4, -0.2) is 11.7 Å². The summed E-state index contributed by atoms with van der Waals surface area (Å²) in [6, 6.07) is 5.16. The van der Waals surface area contributed by atoms with Crippen molar-refractivity contribution in [2.45, 2.75) is 6.42 Å². The number of hydrogen-bond acceptors (Lipinski definition) is 2. The van der Waals surface area contributed by atoms with Crippen molar-refractivity contribution in [3.8, 4) is 5.75 Å². The highest BCUT2D eigenvalue weighted by molar-refractivity contribution is 6.31. The van der Waals surface area contributed by atoms with Crippen LogP contribution in [0.2, 0.25) is 5.02 Å². The first-order valence-electron chi connectivity index (χ1n) is 3.41. The van der Waals surface area contributed by atoms with Crippen molar-refractivity contribution in [1.82, 2.24) is 0 Å². The number of benzene rings is 1. The minimum atomic E-state index is 0.123. The summed E-state index contributed by atoms with van der Waals surface area (Å²) in [7, 11) is 0. The van der Waals surface area contributed by atoms with E-state index in [4.69, 9.17) is 22.4 Å². The largest absolute Gasteiger partial charge is 0.506 e. The molecule has 0 radical (unpaired) electrons. The van der Waals surface area contributed by atoms with E-state index >= 15 is 0 Å². The minimum absolute atomic E-state index is 0.123. The Kier molecular flexibility index (Phi) is 2.74. The van der Waals surface area contributed by atoms with Crippen molar-refractivity contribution in [3.63, 3.8) is 0 Å². The minimum Gasteiger partial charge on any atom is -0.506 e. The van der Waals surface area contributed by atoms with E-state index in [-0.39, 0.29) is 5.75 Å². The maximum Gasteiger partial charge on any atom is 0.134 e. The molecular weight excluding hydrogens is 162 g/mol. The molecule has 0 aliphatic rings. The molecule has 0 fully saturated rings. The smallest absolute Gasteiger partial charge is 0.134 e. The van der Waals surface area contributed by atoms with Crippen molar-refractivity contribution in [1.29, 1.82) is 0 Å². The van der Waals surface area contributed by atoms with E-state index < -0.39 is 0 Å². The SMILES string of the molecule is NCCc1ccc(Cl)c(O)c1. The third-order valence-electron chi connectivity index (χ3n) is 1.44. The Labute approximate surface area is 70.6 Å². The number of phenolic OH excluding ortho intramolecular Hbond substituents is 1. The van der Waals surface area contributed by atoms with E-state index in [1.165, 1.54) is 0 Å². The van der Waals surface area contributed by atoms with Crippen molar-refractivity contribution in [2.24, 2.45) is 5.73 Å². The van der Waals surface area contributed by atoms with Crippen LogP contribution in [0.15, 0.2) is 18.2 Å². The molecule has 0 aliphatic heterocycles. The molecule has 1 aromatic rings. The second kappa shape index (κ2) is 3.60. The number of aromatic hydroxyl groups is 1. The predicted octanol–water partition coefficient (Wildman–Crippen LogP) is 1.55. The molecule has 1 aromatic carbocycles. The van der Waals surface area contributed by atoms with E-state index in [9.17, 15) is 0 Å². The van der Waals surface area contributed by atoms with Gasteiger partial charge in [0.25, 0.3) is 0 Å². The van der Waals surface area contributed by atoms with Crippen molar-refractivity contribution >= 4 is 11.6 Å². The monoisotopic (exact) mass is 171 g/mol. The fourth-order valence-electron chi connectivity index (χ4n) is 0.880. The molecule has 0 spiro atoms. The summed E-state index contributed by atoms with van der Waals surface area (Å²) in [6.07, 6.45) is 0.769. The predicted molar refractivity (Wildman–Crippen MR) is 45.9 cm³/mol. The molecule has 0 aliphatic carbocycles. The molecule has 11 heavy (non-hydrogen) atoms. The summed E-state index contributed by atoms with van der Waals surface area (Å²) < 4.78 is 0. The summed E-state index contributed by atoms with van der Waals surface area (Å²) in [5.74, 6) is 0.123. The van der Waals surface area contributed by atoms with Gasteiger partial charge in [0.15, 0.2) is 0 Å². The molecule has 0 unspecified atom stereocenters. The van der Waals surface area contributed by atoms with Gasteiger partial charge in [-0.1, -0.05) is 17.7 Å². The molecule has 0 atom stereocenters. The Morgan fingerprint density at radius 3 is 2.73 bits per heavy atom. The summed E-state index contributed by atoms with van der Waals surface area (Å²) in [6.45, 7) is 0.584. The maximum atomic E-state index is 9.15. The third-order valence-corrected chi connectivity index (χ3v) is 1.76. The van der Waals surface area contributed by atoms with Crippen LogP contribution in [0.1, 0.15) is 5.56 Å². The molecule has 0 heterocycles. The molecule has 1 rings (SSSR count). The Balaban J connectivity index is 2.86. The van der Waals surface area contributed by atoms with Crippen molar-refractivity contribution < 1.29 is 5.11 Å². The Morgan fingerprint density at radius 2 is 2.18 bits per heavy atom. The van der Waals surface area contributed by atoms with E-state index in [0.717, 1.165) is 12.0 Å². The first kappa shape index (κ1) is 8.37. The number of halogens is 1. The Morgan fingerprint density at radius 1 is 1.45 bits per heavy atom. The highest BCUT2D eigenvalue weighted by atomic mass is 35.5. The van der Waals surface area contributed by atoms with Gasteiger partial charge in [0, 0.05) is 0 Å². The second-order valence-corrected chi connectivity index (χ2v) is 2.73. The molecule has 0 saturated carbocycles. The molecule has 60 valence electrons. The van der Waals surface area contributed by atoms with E-state index in [2.05, 4.69) is 0 Å². The molecule has 2 nitrogen and oxygen atoms in total. The number of rotatable bonds is 2. The van der Waals surface area contributed by atoms with Gasteiger partial charge < -0.3 is 10.8 Å². The first-order chi connectivity index (χ1) is 5.24. The van der Waals surface area contributed by atoms with Gasteiger partial charge in [-0.15, -0.1) is 0 Å². The van der Waals surface area contributed by atoms with Gasteiger partial charge in [-0.05, 0) is 30.7 Å². The molecule has 0 bridgehead atoms. The normalized spacial score (nSPS) is 10.0. The molecule has 3 N–H and O–H groups in total. The van der Waals surface area contributed by atoms with Crippen LogP contribution in [0.3, 0.4) is 0 Å². The Bertz CT molecular complexity index is 250. The lowest BCUT2D eigenvalue weighted by molar-refractivity contribution is 0.475. The van der Waals surface area contributed by atoms with Crippen molar-refractivity contribution in [2.75, 3.05) is 6.54 Å². The number of phenols is 1. The molecule has 0 amide bonds. The summed E-state index contributed by atoms with van der Waals surface area (Å²) in [4.78, 5) is 0. The third kappa shape index (κ3) is 2.10. The summed E-state index contributed by atoms with van der Waals surface area (Å²) in [5.41, 5.74) is 6.34. The van der Waals surface area contributed by atoms with Gasteiger partial charge in [-0.3, -0.25) is 0 Å². The Hall–Kier alpha value is -0.730. The maximum absolute atomic E-state index is 9.15. The summed E-state index contributed by atoms with van der Waals surface area (Å²) >= 11 is 5.60. The molecule has 0 saturated heterocycles. The topological polar surface area (TPSA) is 46.2 Å². The average Bonchev–Trinajstić information content (AvgIpc) is 1.98. The van der Waals surface area contributed by atoms with Gasteiger partial charge in [0.2, 0.25) is 0 Å². The quantitative estimate of drug-likeness (QED) is 0.709. The van der Waals surface area contributed by atoms with Crippen LogP contribution < -0.4 is 5.73 Å². The zero-order valence-electron chi connectivity index (χ0n) is 6.05. The van der Waals surface area contributed by atoms with Gasteiger partial charge in [-0.2, -0.15) is 0 Å². The van der Waals surface area contributed by atoms with Crippen LogP contribution >= 0.6 is 11.6 Å². The molecule has 3 heteroatoms. The zero-order chi connectivity index (χ0) is 8.27. The summed E-state index contributed by atoms with van der Waals surface area (Å²) in [5, 5.41) is 9.53. The highest BCUT2D eigenvalue weighted by Crippen LogP contribution is 2.23. The molecule has 0 aromatic heterocycles. The lowest BCUT2D eigenvalue weighted by Gasteiger charge is -2.00. The first-order valence-corrected chi connectivity index (χ1v) is 3.79. The fourth-order valence-corrected chi connectivity index (χ4v) is 0.998. The average molecular weight is 172 g/mol. The van der Waals surface area contributed by atoms with Gasteiger partial charge in [-0.25, -0.2) is 0 Å². The van der Waals surface area contributed by atoms with Crippen LogP contribution in [0, 0.1) is 0 Å². The lowest BCUT2D eigenvalue weighted by atomic mass is 10.1. The van der Waals surface area contributed by atoms with Crippen molar-refractivity contribution in [3.05, 3.63) is 28.8 Å². The van der Waals surface area contributed by atoms with Crippen LogP contribution in [0.4, 0.5) is 0 Å². The van der Waals surface area contributed by atoms with Gasteiger partial charge in [0.1, 0.15) is 5.75 Å². The van der Waals surface area contributed by atoms with Crippen LogP contribution in [0.25, 0.3) is 0 Å². The van der Waals surface area contributed by atoms with E-state index in [0.29, 0.717) is 11.6 Å². The molecular formula is C8H10ClNO. The second-order valence-electron chi connectivity index (χ2n) is 2.32. The van der Waals surface area contributed by atoms with Crippen LogP contribution in [0.5, 0.6) is 5.75 Å². The van der Waals surface area contributed by atoms with E-state index in [1.807, 2.05) is 6.07 Å². The van der Waals surface area contributed by atoms with Gasteiger partial charge in [0.05, 0.1) is 5.02 Å². The fraction of sp³-hybridized carbons (Fsp3) is 0.250. The van der Waals surface area contributed by atoms with E-state index in [1.54, 1.807) is 12.1 Å². The standard InChI is InChI=1S/C8H10ClNO/c9-7-2-1-6(3-4-10)5-8(7)11/h1-2,5,11H,3-4,10H2. The highest BCUT2D eigenvalue weighted by Gasteiger charge is 1.98. The number of hydrogen-bond donors (Lipinski definition) is 2. The number of nitrogens with two attached hydrogens (primary N) is 1. The zero-order valence-corrected chi connectivity index (χ0v) is 6.80. The van der Waals surface area contributed by atoms with Gasteiger partial charge >= 0.3 is 0 Å². The van der Waals surface area contributed by atoms with Crippen LogP contribution in [-0.2, 0) is 6.42 Å².